The average Bonchev–Trinajstić information content (AvgIpc) is 3.19. The summed E-state index contributed by atoms with van der Waals surface area (Å²) in [5.41, 5.74) is 0.686. The van der Waals surface area contributed by atoms with Gasteiger partial charge in [-0.05, 0) is 66.8 Å². The summed E-state index contributed by atoms with van der Waals surface area (Å²) in [4.78, 5) is 27.3. The minimum atomic E-state index is -4.62. The summed E-state index contributed by atoms with van der Waals surface area (Å²) in [7, 11) is 0. The summed E-state index contributed by atoms with van der Waals surface area (Å²) < 4.78 is 46.3. The molecular formula is C29H31F3N2O3S. The number of fused-ring (bicyclic) bond motifs is 1. The van der Waals surface area contributed by atoms with Crippen LogP contribution in [0.15, 0.2) is 48.5 Å². The van der Waals surface area contributed by atoms with E-state index in [9.17, 15) is 22.8 Å². The van der Waals surface area contributed by atoms with Crippen LogP contribution in [0.25, 0.3) is 0 Å². The van der Waals surface area contributed by atoms with Crippen LogP contribution in [-0.4, -0.2) is 18.4 Å². The van der Waals surface area contributed by atoms with Crippen molar-refractivity contribution in [2.45, 2.75) is 53.1 Å². The maximum atomic E-state index is 13.6. The summed E-state index contributed by atoms with van der Waals surface area (Å²) in [5, 5.41) is 5.57. The molecular weight excluding hydrogens is 513 g/mol. The molecule has 1 heterocycles. The van der Waals surface area contributed by atoms with Gasteiger partial charge in [0.25, 0.3) is 11.8 Å². The van der Waals surface area contributed by atoms with E-state index in [0.29, 0.717) is 23.1 Å². The van der Waals surface area contributed by atoms with Gasteiger partial charge in [-0.2, -0.15) is 13.2 Å². The highest BCUT2D eigenvalue weighted by molar-refractivity contribution is 7.17. The molecule has 2 amide bonds. The monoisotopic (exact) mass is 544 g/mol. The van der Waals surface area contributed by atoms with Gasteiger partial charge in [-0.1, -0.05) is 51.1 Å². The number of rotatable bonds is 6. The Morgan fingerprint density at radius 3 is 2.39 bits per heavy atom. The lowest BCUT2D eigenvalue weighted by molar-refractivity contribution is -0.136. The van der Waals surface area contributed by atoms with E-state index >= 15 is 0 Å². The zero-order valence-corrected chi connectivity index (χ0v) is 22.6. The Morgan fingerprint density at radius 2 is 1.71 bits per heavy atom. The molecule has 2 aromatic carbocycles. The van der Waals surface area contributed by atoms with Crippen molar-refractivity contribution in [3.63, 3.8) is 0 Å². The number of hydrogen-bond acceptors (Lipinski definition) is 4. The predicted octanol–water partition coefficient (Wildman–Crippen LogP) is 7.50. The standard InChI is InChI=1S/C29H31F3N2O3S/c1-17-9-5-8-12-22(17)37-16-24(35)34-27-25(19-14-13-18(28(2,3)4)15-23(19)38-27)26(36)33-21-11-7-6-10-20(21)29(30,31)32/h5-12,18H,13-16H2,1-4H3,(H,33,36)(H,34,35). The second-order valence-corrected chi connectivity index (χ2v) is 11.7. The van der Waals surface area contributed by atoms with E-state index in [-0.39, 0.29) is 23.3 Å². The van der Waals surface area contributed by atoms with Crippen molar-refractivity contribution in [3.8, 4) is 5.75 Å². The number of alkyl halides is 3. The van der Waals surface area contributed by atoms with Crippen LogP contribution in [0.1, 0.15) is 59.1 Å². The molecule has 2 N–H and O–H groups in total. The Bertz CT molecular complexity index is 1340. The number of aryl methyl sites for hydroxylation is 1. The molecule has 1 aliphatic carbocycles. The molecule has 5 nitrogen and oxygen atoms in total. The van der Waals surface area contributed by atoms with Crippen molar-refractivity contribution < 1.29 is 27.5 Å². The van der Waals surface area contributed by atoms with Gasteiger partial charge >= 0.3 is 6.18 Å². The van der Waals surface area contributed by atoms with Crippen molar-refractivity contribution in [2.75, 3.05) is 17.2 Å². The number of benzene rings is 2. The molecule has 0 spiro atoms. The number of carbonyl (C=O) groups excluding carboxylic acids is 2. The van der Waals surface area contributed by atoms with Gasteiger partial charge in [-0.25, -0.2) is 0 Å². The number of amides is 2. The van der Waals surface area contributed by atoms with E-state index in [1.807, 2.05) is 19.1 Å². The third-order valence-corrected chi connectivity index (χ3v) is 8.07. The quantitative estimate of drug-likeness (QED) is 0.338. The van der Waals surface area contributed by atoms with Crippen molar-refractivity contribution in [1.82, 2.24) is 0 Å². The Balaban J connectivity index is 1.63. The maximum Gasteiger partial charge on any atom is 0.418 e. The van der Waals surface area contributed by atoms with Crippen LogP contribution in [0.5, 0.6) is 5.75 Å². The number of hydrogen-bond donors (Lipinski definition) is 2. The zero-order chi connectivity index (χ0) is 27.7. The first-order valence-electron chi connectivity index (χ1n) is 12.4. The topological polar surface area (TPSA) is 67.4 Å². The number of anilines is 2. The molecule has 202 valence electrons. The van der Waals surface area contributed by atoms with Gasteiger partial charge < -0.3 is 15.4 Å². The molecule has 9 heteroatoms. The van der Waals surface area contributed by atoms with Crippen LogP contribution in [-0.2, 0) is 23.8 Å². The molecule has 4 rings (SSSR count). The summed E-state index contributed by atoms with van der Waals surface area (Å²) in [6.07, 6.45) is -2.44. The lowest BCUT2D eigenvalue weighted by Crippen LogP contribution is -2.27. The van der Waals surface area contributed by atoms with E-state index < -0.39 is 23.6 Å². The van der Waals surface area contributed by atoms with Gasteiger partial charge in [0, 0.05) is 4.88 Å². The van der Waals surface area contributed by atoms with Crippen molar-refractivity contribution >= 4 is 33.8 Å². The van der Waals surface area contributed by atoms with Crippen molar-refractivity contribution in [3.05, 3.63) is 75.7 Å². The second kappa shape index (κ2) is 10.8. The second-order valence-electron chi connectivity index (χ2n) is 10.6. The molecule has 1 atom stereocenters. The van der Waals surface area contributed by atoms with E-state index in [4.69, 9.17) is 4.74 Å². The number of nitrogens with one attached hydrogen (secondary N) is 2. The van der Waals surface area contributed by atoms with Gasteiger partial charge in [-0.15, -0.1) is 11.3 Å². The lowest BCUT2D eigenvalue weighted by atomic mass is 9.72. The van der Waals surface area contributed by atoms with Crippen LogP contribution in [0, 0.1) is 18.3 Å². The Labute approximate surface area is 224 Å². The third kappa shape index (κ3) is 6.20. The summed E-state index contributed by atoms with van der Waals surface area (Å²) >= 11 is 1.31. The zero-order valence-electron chi connectivity index (χ0n) is 21.8. The highest BCUT2D eigenvalue weighted by Crippen LogP contribution is 2.45. The summed E-state index contributed by atoms with van der Waals surface area (Å²) in [6, 6.07) is 12.2. The number of carbonyl (C=O) groups is 2. The fourth-order valence-corrected chi connectivity index (χ4v) is 6.04. The molecule has 1 unspecified atom stereocenters. The van der Waals surface area contributed by atoms with Crippen LogP contribution in [0.4, 0.5) is 23.9 Å². The van der Waals surface area contributed by atoms with Crippen molar-refractivity contribution in [2.24, 2.45) is 11.3 Å². The molecule has 0 aliphatic heterocycles. The van der Waals surface area contributed by atoms with E-state index in [0.717, 1.165) is 34.9 Å². The van der Waals surface area contributed by atoms with Gasteiger partial charge in [0.2, 0.25) is 0 Å². The summed E-state index contributed by atoms with van der Waals surface area (Å²) in [6.45, 7) is 8.11. The maximum absolute atomic E-state index is 13.6. The van der Waals surface area contributed by atoms with Crippen LogP contribution in [0.2, 0.25) is 0 Å². The first kappa shape index (κ1) is 27.7. The Morgan fingerprint density at radius 1 is 1.03 bits per heavy atom. The third-order valence-electron chi connectivity index (χ3n) is 6.90. The van der Waals surface area contributed by atoms with Crippen LogP contribution < -0.4 is 15.4 Å². The first-order valence-corrected chi connectivity index (χ1v) is 13.3. The molecule has 0 fully saturated rings. The van der Waals surface area contributed by atoms with E-state index in [2.05, 4.69) is 31.4 Å². The Hall–Kier alpha value is -3.33. The number of halogens is 3. The number of ether oxygens (including phenoxy) is 1. The largest absolute Gasteiger partial charge is 0.483 e. The van der Waals surface area contributed by atoms with E-state index in [1.165, 1.54) is 29.5 Å². The average molecular weight is 545 g/mol. The molecule has 0 saturated carbocycles. The SMILES string of the molecule is Cc1ccccc1OCC(=O)Nc1sc2c(c1C(=O)Nc1ccccc1C(F)(F)F)CCC(C(C)(C)C)C2. The smallest absolute Gasteiger partial charge is 0.418 e. The predicted molar refractivity (Wildman–Crippen MR) is 144 cm³/mol. The van der Waals surface area contributed by atoms with Crippen molar-refractivity contribution in [1.29, 1.82) is 0 Å². The first-order chi connectivity index (χ1) is 17.8. The molecule has 0 saturated heterocycles. The van der Waals surface area contributed by atoms with Gasteiger partial charge in [0.15, 0.2) is 6.61 Å². The normalized spacial score (nSPS) is 15.5. The minimum absolute atomic E-state index is 0.0561. The van der Waals surface area contributed by atoms with Crippen LogP contribution >= 0.6 is 11.3 Å². The fourth-order valence-electron chi connectivity index (χ4n) is 4.70. The molecule has 1 aromatic heterocycles. The molecule has 0 bridgehead atoms. The summed E-state index contributed by atoms with van der Waals surface area (Å²) in [5.74, 6) is -0.182. The highest BCUT2D eigenvalue weighted by Gasteiger charge is 2.36. The lowest BCUT2D eigenvalue weighted by Gasteiger charge is -2.33. The van der Waals surface area contributed by atoms with E-state index in [1.54, 1.807) is 12.1 Å². The number of thiophene rings is 1. The molecule has 38 heavy (non-hydrogen) atoms. The Kier molecular flexibility index (Phi) is 7.88. The molecule has 1 aliphatic rings. The van der Waals surface area contributed by atoms with Gasteiger partial charge in [0.05, 0.1) is 16.8 Å². The van der Waals surface area contributed by atoms with Gasteiger partial charge in [-0.3, -0.25) is 9.59 Å². The van der Waals surface area contributed by atoms with Gasteiger partial charge in [0.1, 0.15) is 10.8 Å². The molecule has 3 aromatic rings. The van der Waals surface area contributed by atoms with Crippen LogP contribution in [0.3, 0.4) is 0 Å². The minimum Gasteiger partial charge on any atom is -0.483 e. The highest BCUT2D eigenvalue weighted by atomic mass is 32.1. The number of para-hydroxylation sites is 2. The fraction of sp³-hybridized carbons (Fsp3) is 0.379. The molecule has 0 radical (unpaired) electrons.